The first kappa shape index (κ1) is 21.5. The van der Waals surface area contributed by atoms with Crippen LogP contribution in [-0.2, 0) is 11.3 Å². The van der Waals surface area contributed by atoms with E-state index in [9.17, 15) is 9.59 Å². The average Bonchev–Trinajstić information content (AvgIpc) is 3.45. The number of hydrogen-bond donors (Lipinski definition) is 0. The van der Waals surface area contributed by atoms with Crippen molar-refractivity contribution in [3.63, 3.8) is 0 Å². The third kappa shape index (κ3) is 4.23. The number of hydrogen-bond acceptors (Lipinski definition) is 6. The van der Waals surface area contributed by atoms with Crippen molar-refractivity contribution in [2.24, 2.45) is 0 Å². The van der Waals surface area contributed by atoms with Gasteiger partial charge in [-0.05, 0) is 30.5 Å². The molecule has 5 nitrogen and oxygen atoms in total. The van der Waals surface area contributed by atoms with Crippen LogP contribution in [0.1, 0.15) is 6.92 Å². The second-order valence-electron chi connectivity index (χ2n) is 6.90. The zero-order chi connectivity index (χ0) is 22.0. The van der Waals surface area contributed by atoms with Crippen LogP contribution in [0.2, 0.25) is 0 Å². The number of aromatic nitrogens is 2. The van der Waals surface area contributed by atoms with Gasteiger partial charge in [0.1, 0.15) is 4.83 Å². The number of nitrogens with zero attached hydrogens (tertiary/aromatic N) is 3. The Hall–Kier alpha value is -2.68. The van der Waals surface area contributed by atoms with Gasteiger partial charge in [0, 0.05) is 35.1 Å². The molecular formula is C23H21N3O2S3. The highest BCUT2D eigenvalue weighted by Gasteiger charge is 2.24. The number of carbonyl (C=O) groups excluding carboxylic acids is 1. The number of rotatable bonds is 7. The lowest BCUT2D eigenvalue weighted by atomic mass is 10.2. The molecule has 0 bridgehead atoms. The average molecular weight is 468 g/mol. The molecule has 4 rings (SSSR count). The van der Waals surface area contributed by atoms with Gasteiger partial charge in [-0.1, -0.05) is 42.1 Å². The Kier molecular flexibility index (Phi) is 6.41. The maximum absolute atomic E-state index is 13.4. The lowest BCUT2D eigenvalue weighted by Gasteiger charge is -2.21. The normalized spacial score (nSPS) is 12.1. The Labute approximate surface area is 192 Å². The van der Waals surface area contributed by atoms with E-state index in [2.05, 4.69) is 6.58 Å². The van der Waals surface area contributed by atoms with Crippen LogP contribution in [0, 0.1) is 0 Å². The molecule has 0 N–H and O–H groups in total. The maximum atomic E-state index is 13.4. The minimum absolute atomic E-state index is 0.0545. The van der Waals surface area contributed by atoms with Gasteiger partial charge in [-0.25, -0.2) is 4.98 Å². The van der Waals surface area contributed by atoms with Crippen molar-refractivity contribution >= 4 is 56.2 Å². The highest BCUT2D eigenvalue weighted by molar-refractivity contribution is 8.00. The number of thiophene rings is 2. The van der Waals surface area contributed by atoms with E-state index in [4.69, 9.17) is 4.98 Å². The van der Waals surface area contributed by atoms with Gasteiger partial charge in [0.2, 0.25) is 5.91 Å². The number of para-hydroxylation sites is 1. The Morgan fingerprint density at radius 2 is 2.03 bits per heavy atom. The molecule has 0 aliphatic heterocycles. The lowest BCUT2D eigenvalue weighted by Crippen LogP contribution is -2.34. The molecule has 8 heteroatoms. The summed E-state index contributed by atoms with van der Waals surface area (Å²) >= 11 is 4.35. The van der Waals surface area contributed by atoms with E-state index in [1.807, 2.05) is 60.1 Å². The zero-order valence-corrected chi connectivity index (χ0v) is 19.6. The minimum Gasteiger partial charge on any atom is -0.315 e. The van der Waals surface area contributed by atoms with Crippen molar-refractivity contribution < 1.29 is 4.79 Å². The minimum atomic E-state index is -0.414. The summed E-state index contributed by atoms with van der Waals surface area (Å²) < 4.78 is 1.61. The molecule has 0 saturated heterocycles. The van der Waals surface area contributed by atoms with Gasteiger partial charge in [0.15, 0.2) is 5.16 Å². The molecule has 1 amide bonds. The molecule has 3 aromatic heterocycles. The molecule has 0 spiro atoms. The molecule has 3 heterocycles. The number of fused-ring (bicyclic) bond motifs is 1. The summed E-state index contributed by atoms with van der Waals surface area (Å²) in [4.78, 5) is 34.5. The fourth-order valence-electron chi connectivity index (χ4n) is 3.26. The predicted molar refractivity (Wildman–Crippen MR) is 133 cm³/mol. The van der Waals surface area contributed by atoms with Crippen molar-refractivity contribution in [2.45, 2.75) is 23.9 Å². The number of carbonyl (C=O) groups is 1. The largest absolute Gasteiger partial charge is 0.315 e. The van der Waals surface area contributed by atoms with Crippen molar-refractivity contribution in [2.75, 3.05) is 11.9 Å². The van der Waals surface area contributed by atoms with Gasteiger partial charge in [-0.2, -0.15) is 0 Å². The first-order chi connectivity index (χ1) is 15.0. The van der Waals surface area contributed by atoms with Crippen LogP contribution in [0.25, 0.3) is 20.7 Å². The molecule has 0 fully saturated rings. The lowest BCUT2D eigenvalue weighted by molar-refractivity contribution is -0.117. The van der Waals surface area contributed by atoms with Gasteiger partial charge in [0.25, 0.3) is 5.56 Å². The van der Waals surface area contributed by atoms with Gasteiger partial charge < -0.3 is 4.90 Å². The maximum Gasteiger partial charge on any atom is 0.263 e. The third-order valence-corrected chi connectivity index (χ3v) is 7.71. The van der Waals surface area contributed by atoms with Crippen LogP contribution < -0.4 is 10.5 Å². The fourth-order valence-corrected chi connectivity index (χ4v) is 6.07. The first-order valence-electron chi connectivity index (χ1n) is 9.67. The van der Waals surface area contributed by atoms with Gasteiger partial charge in [-0.15, -0.1) is 29.3 Å². The van der Waals surface area contributed by atoms with Crippen molar-refractivity contribution in [1.82, 2.24) is 9.55 Å². The Bertz CT molecular complexity index is 1280. The molecule has 1 unspecified atom stereocenters. The molecule has 0 aliphatic carbocycles. The summed E-state index contributed by atoms with van der Waals surface area (Å²) in [5, 5.41) is 4.71. The molecule has 31 heavy (non-hydrogen) atoms. The highest BCUT2D eigenvalue weighted by atomic mass is 32.2. The van der Waals surface area contributed by atoms with E-state index in [1.165, 1.54) is 23.1 Å². The predicted octanol–water partition coefficient (Wildman–Crippen LogP) is 5.52. The Balaban J connectivity index is 1.70. The van der Waals surface area contributed by atoms with Crippen LogP contribution in [-0.4, -0.2) is 27.8 Å². The molecular weight excluding hydrogens is 446 g/mol. The van der Waals surface area contributed by atoms with E-state index in [0.717, 1.165) is 16.1 Å². The van der Waals surface area contributed by atoms with Crippen LogP contribution in [0.3, 0.4) is 0 Å². The molecule has 1 aromatic carbocycles. The quantitative estimate of drug-likeness (QED) is 0.204. The fraction of sp³-hybridized carbons (Fsp3) is 0.174. The van der Waals surface area contributed by atoms with E-state index in [0.29, 0.717) is 21.9 Å². The monoisotopic (exact) mass is 467 g/mol. The number of amides is 1. The summed E-state index contributed by atoms with van der Waals surface area (Å²) in [7, 11) is 1.76. The van der Waals surface area contributed by atoms with E-state index < -0.39 is 5.25 Å². The molecule has 0 saturated carbocycles. The summed E-state index contributed by atoms with van der Waals surface area (Å²) in [6, 6.07) is 13.5. The van der Waals surface area contributed by atoms with E-state index in [1.54, 1.807) is 33.9 Å². The second-order valence-corrected chi connectivity index (χ2v) is 10.0. The summed E-state index contributed by atoms with van der Waals surface area (Å²) in [5.74, 6) is -0.0545. The number of thioether (sulfide) groups is 1. The smallest absolute Gasteiger partial charge is 0.263 e. The van der Waals surface area contributed by atoms with E-state index in [-0.39, 0.29) is 11.5 Å². The van der Waals surface area contributed by atoms with E-state index >= 15 is 0 Å². The standard InChI is InChI=1S/C23H21N3O2S3/c1-4-12-26-22(28)19-17(18-11-8-13-29-18)14-30-20(19)24-23(26)31-15(2)21(27)25(3)16-9-6-5-7-10-16/h4-11,13-15H,1,12H2,2-3H3. The first-order valence-corrected chi connectivity index (χ1v) is 12.3. The Morgan fingerprint density at radius 1 is 1.26 bits per heavy atom. The van der Waals surface area contributed by atoms with Gasteiger partial charge in [0.05, 0.1) is 10.6 Å². The van der Waals surface area contributed by atoms with Crippen LogP contribution in [0.5, 0.6) is 0 Å². The van der Waals surface area contributed by atoms with Crippen molar-refractivity contribution in [3.8, 4) is 10.4 Å². The van der Waals surface area contributed by atoms with Crippen LogP contribution in [0.15, 0.2) is 75.8 Å². The number of anilines is 1. The molecule has 4 aromatic rings. The van der Waals surface area contributed by atoms with Gasteiger partial charge in [-0.3, -0.25) is 14.2 Å². The van der Waals surface area contributed by atoms with Crippen molar-refractivity contribution in [3.05, 3.63) is 76.2 Å². The van der Waals surface area contributed by atoms with Crippen molar-refractivity contribution in [1.29, 1.82) is 0 Å². The zero-order valence-electron chi connectivity index (χ0n) is 17.1. The molecule has 158 valence electrons. The molecule has 1 atom stereocenters. The highest BCUT2D eigenvalue weighted by Crippen LogP contribution is 2.35. The van der Waals surface area contributed by atoms with Crippen LogP contribution in [0.4, 0.5) is 5.69 Å². The van der Waals surface area contributed by atoms with Crippen LogP contribution >= 0.6 is 34.4 Å². The Morgan fingerprint density at radius 3 is 2.71 bits per heavy atom. The van der Waals surface area contributed by atoms with Gasteiger partial charge >= 0.3 is 0 Å². The second kappa shape index (κ2) is 9.21. The third-order valence-electron chi connectivity index (χ3n) is 4.86. The number of benzene rings is 1. The topological polar surface area (TPSA) is 55.2 Å². The summed E-state index contributed by atoms with van der Waals surface area (Å²) in [6.07, 6.45) is 1.68. The molecule has 0 radical (unpaired) electrons. The SMILES string of the molecule is C=CCn1c(SC(C)C(=O)N(C)c2ccccc2)nc2scc(-c3cccs3)c2c1=O. The summed E-state index contributed by atoms with van der Waals surface area (Å²) in [5.41, 5.74) is 1.63. The summed E-state index contributed by atoms with van der Waals surface area (Å²) in [6.45, 7) is 5.97. The molecule has 0 aliphatic rings. The number of allylic oxidation sites excluding steroid dienone is 1.